The smallest absolute Gasteiger partial charge is 0.225 e. The average molecular weight is 398 g/mol. The zero-order valence-corrected chi connectivity index (χ0v) is 16.9. The molecule has 2 atom stereocenters. The molecule has 0 radical (unpaired) electrons. The van der Waals surface area contributed by atoms with Gasteiger partial charge in [0, 0.05) is 18.6 Å². The van der Waals surface area contributed by atoms with Crippen LogP contribution in [0.4, 0.5) is 16.2 Å². The summed E-state index contributed by atoms with van der Waals surface area (Å²) in [6, 6.07) is 6.77. The number of benzene rings is 1. The van der Waals surface area contributed by atoms with E-state index in [0.717, 1.165) is 36.0 Å². The van der Waals surface area contributed by atoms with Gasteiger partial charge in [-0.2, -0.15) is 10.1 Å². The molecule has 154 valence electrons. The third-order valence-electron chi connectivity index (χ3n) is 5.49. The maximum Gasteiger partial charge on any atom is 0.225 e. The van der Waals surface area contributed by atoms with E-state index in [1.807, 2.05) is 6.07 Å². The van der Waals surface area contributed by atoms with Crippen LogP contribution in [0.15, 0.2) is 24.3 Å². The molecule has 29 heavy (non-hydrogen) atoms. The van der Waals surface area contributed by atoms with Crippen molar-refractivity contribution in [2.75, 3.05) is 10.6 Å². The molecule has 4 rings (SSSR count). The van der Waals surface area contributed by atoms with Gasteiger partial charge in [-0.05, 0) is 36.5 Å². The first-order valence-electron chi connectivity index (χ1n) is 10.3. The van der Waals surface area contributed by atoms with E-state index >= 15 is 0 Å². The SMILES string of the molecule is CC(C)c1[nH]nc2c(NCc3cccc(F)c3)nc(NC3CCCCC3N)nc12. The lowest BCUT2D eigenvalue weighted by atomic mass is 9.91. The van der Waals surface area contributed by atoms with E-state index in [2.05, 4.69) is 39.7 Å². The second kappa shape index (κ2) is 8.32. The van der Waals surface area contributed by atoms with Crippen molar-refractivity contribution in [3.63, 3.8) is 0 Å². The number of rotatable bonds is 6. The monoisotopic (exact) mass is 397 g/mol. The molecule has 1 saturated carbocycles. The van der Waals surface area contributed by atoms with Crippen molar-refractivity contribution in [3.8, 4) is 0 Å². The number of hydrogen-bond donors (Lipinski definition) is 4. The van der Waals surface area contributed by atoms with Crippen LogP contribution >= 0.6 is 0 Å². The lowest BCUT2D eigenvalue weighted by molar-refractivity contribution is 0.402. The number of fused-ring (bicyclic) bond motifs is 1. The van der Waals surface area contributed by atoms with Crippen molar-refractivity contribution in [2.45, 2.75) is 64.1 Å². The fraction of sp³-hybridized carbons (Fsp3) is 0.476. The fourth-order valence-electron chi connectivity index (χ4n) is 3.85. The molecule has 0 spiro atoms. The molecule has 1 aliphatic carbocycles. The quantitative estimate of drug-likeness (QED) is 0.503. The van der Waals surface area contributed by atoms with Gasteiger partial charge < -0.3 is 16.4 Å². The van der Waals surface area contributed by atoms with Gasteiger partial charge in [-0.3, -0.25) is 5.10 Å². The Morgan fingerprint density at radius 2 is 2.03 bits per heavy atom. The molecule has 1 aromatic carbocycles. The number of nitrogens with zero attached hydrogens (tertiary/aromatic N) is 3. The van der Waals surface area contributed by atoms with Gasteiger partial charge in [0.1, 0.15) is 11.3 Å². The molecule has 2 aromatic heterocycles. The maximum atomic E-state index is 13.5. The summed E-state index contributed by atoms with van der Waals surface area (Å²) in [6.07, 6.45) is 4.34. The van der Waals surface area contributed by atoms with Crippen LogP contribution in [0.1, 0.15) is 56.7 Å². The number of nitrogens with two attached hydrogens (primary N) is 1. The van der Waals surface area contributed by atoms with Gasteiger partial charge in [0.2, 0.25) is 5.95 Å². The van der Waals surface area contributed by atoms with Gasteiger partial charge in [0.05, 0.1) is 5.69 Å². The van der Waals surface area contributed by atoms with Gasteiger partial charge in [0.15, 0.2) is 11.3 Å². The maximum absolute atomic E-state index is 13.5. The highest BCUT2D eigenvalue weighted by Gasteiger charge is 2.24. The first kappa shape index (κ1) is 19.6. The Balaban J connectivity index is 1.65. The molecular formula is C21H28FN7. The highest BCUT2D eigenvalue weighted by Crippen LogP contribution is 2.28. The van der Waals surface area contributed by atoms with Gasteiger partial charge >= 0.3 is 0 Å². The van der Waals surface area contributed by atoms with Crippen LogP contribution in [-0.2, 0) is 6.54 Å². The van der Waals surface area contributed by atoms with E-state index in [9.17, 15) is 4.39 Å². The van der Waals surface area contributed by atoms with Crippen LogP contribution in [0.2, 0.25) is 0 Å². The lowest BCUT2D eigenvalue weighted by Crippen LogP contribution is -2.43. The minimum absolute atomic E-state index is 0.0978. The number of anilines is 2. The van der Waals surface area contributed by atoms with E-state index in [-0.39, 0.29) is 23.8 Å². The molecule has 2 heterocycles. The number of aromatic amines is 1. The van der Waals surface area contributed by atoms with E-state index in [1.54, 1.807) is 6.07 Å². The van der Waals surface area contributed by atoms with Crippen LogP contribution in [0.5, 0.6) is 0 Å². The molecule has 7 nitrogen and oxygen atoms in total. The van der Waals surface area contributed by atoms with Crippen LogP contribution in [0.3, 0.4) is 0 Å². The summed E-state index contributed by atoms with van der Waals surface area (Å²) in [5, 5.41) is 14.3. The van der Waals surface area contributed by atoms with Crippen molar-refractivity contribution in [1.29, 1.82) is 0 Å². The van der Waals surface area contributed by atoms with Gasteiger partial charge in [-0.15, -0.1) is 0 Å². The number of hydrogen-bond acceptors (Lipinski definition) is 6. The Kier molecular flexibility index (Phi) is 5.62. The van der Waals surface area contributed by atoms with E-state index in [4.69, 9.17) is 10.7 Å². The Morgan fingerprint density at radius 3 is 2.79 bits per heavy atom. The first-order valence-corrected chi connectivity index (χ1v) is 10.3. The highest BCUT2D eigenvalue weighted by atomic mass is 19.1. The number of nitrogens with one attached hydrogen (secondary N) is 3. The molecule has 0 saturated heterocycles. The molecule has 1 fully saturated rings. The van der Waals surface area contributed by atoms with Gasteiger partial charge in [0.25, 0.3) is 0 Å². The zero-order valence-electron chi connectivity index (χ0n) is 16.9. The topological polar surface area (TPSA) is 105 Å². The predicted molar refractivity (Wildman–Crippen MR) is 113 cm³/mol. The van der Waals surface area contributed by atoms with Gasteiger partial charge in [-0.25, -0.2) is 9.37 Å². The molecule has 5 N–H and O–H groups in total. The Hall–Kier alpha value is -2.74. The van der Waals surface area contributed by atoms with Crippen LogP contribution in [0, 0.1) is 5.82 Å². The summed E-state index contributed by atoms with van der Waals surface area (Å²) in [7, 11) is 0. The van der Waals surface area contributed by atoms with Crippen LogP contribution < -0.4 is 16.4 Å². The zero-order chi connectivity index (χ0) is 20.4. The van der Waals surface area contributed by atoms with Crippen LogP contribution in [0.25, 0.3) is 11.0 Å². The standard InChI is InChI=1S/C21H28FN7/c1-12(2)17-18-19(29-28-17)20(24-11-13-6-5-7-14(22)10-13)27-21(26-18)25-16-9-4-3-8-15(16)23/h5-7,10,12,15-16H,3-4,8-9,11,23H2,1-2H3,(H,28,29)(H2,24,25,26,27). The Labute approximate surface area is 169 Å². The molecule has 0 bridgehead atoms. The Bertz CT molecular complexity index is 984. The lowest BCUT2D eigenvalue weighted by Gasteiger charge is -2.29. The van der Waals surface area contributed by atoms with Crippen molar-refractivity contribution in [1.82, 2.24) is 20.2 Å². The second-order valence-electron chi connectivity index (χ2n) is 8.07. The molecular weight excluding hydrogens is 369 g/mol. The molecule has 0 aliphatic heterocycles. The van der Waals surface area contributed by atoms with E-state index in [1.165, 1.54) is 18.6 Å². The van der Waals surface area contributed by atoms with E-state index < -0.39 is 0 Å². The normalized spacial score (nSPS) is 19.6. The third-order valence-corrected chi connectivity index (χ3v) is 5.49. The largest absolute Gasteiger partial charge is 0.364 e. The van der Waals surface area contributed by atoms with Crippen molar-refractivity contribution < 1.29 is 4.39 Å². The van der Waals surface area contributed by atoms with Crippen molar-refractivity contribution in [3.05, 3.63) is 41.3 Å². The molecule has 2 unspecified atom stereocenters. The van der Waals surface area contributed by atoms with E-state index in [0.29, 0.717) is 23.8 Å². The van der Waals surface area contributed by atoms with Gasteiger partial charge in [-0.1, -0.05) is 38.8 Å². The van der Waals surface area contributed by atoms with Crippen molar-refractivity contribution in [2.24, 2.45) is 5.73 Å². The molecule has 1 aliphatic rings. The summed E-state index contributed by atoms with van der Waals surface area (Å²) in [5.74, 6) is 1.16. The summed E-state index contributed by atoms with van der Waals surface area (Å²) in [5.41, 5.74) is 9.57. The first-order chi connectivity index (χ1) is 14.0. The summed E-state index contributed by atoms with van der Waals surface area (Å²) in [4.78, 5) is 9.42. The summed E-state index contributed by atoms with van der Waals surface area (Å²) < 4.78 is 13.5. The molecule has 3 aromatic rings. The number of H-pyrrole nitrogens is 1. The fourth-order valence-corrected chi connectivity index (χ4v) is 3.85. The minimum Gasteiger partial charge on any atom is -0.364 e. The van der Waals surface area contributed by atoms with Crippen LogP contribution in [-0.4, -0.2) is 32.2 Å². The Morgan fingerprint density at radius 1 is 1.21 bits per heavy atom. The summed E-state index contributed by atoms with van der Waals surface area (Å²) >= 11 is 0. The molecule has 0 amide bonds. The highest BCUT2D eigenvalue weighted by molar-refractivity contribution is 5.88. The number of aromatic nitrogens is 4. The van der Waals surface area contributed by atoms with Crippen molar-refractivity contribution >= 4 is 22.8 Å². The number of halogens is 1. The predicted octanol–water partition coefficient (Wildman–Crippen LogP) is 3.91. The average Bonchev–Trinajstić information content (AvgIpc) is 3.12. The molecule has 8 heteroatoms. The second-order valence-corrected chi connectivity index (χ2v) is 8.07. The minimum atomic E-state index is -0.257. The third kappa shape index (κ3) is 4.32. The summed E-state index contributed by atoms with van der Waals surface area (Å²) in [6.45, 7) is 4.63.